The number of likely N-dealkylation sites (tertiary alicyclic amines) is 1. The minimum Gasteiger partial charge on any atom is -0.490 e. The highest BCUT2D eigenvalue weighted by Crippen LogP contribution is 2.22. The summed E-state index contributed by atoms with van der Waals surface area (Å²) in [5.41, 5.74) is 1.83. The fourth-order valence-electron chi connectivity index (χ4n) is 3.38. The van der Waals surface area contributed by atoms with E-state index in [9.17, 15) is 9.18 Å². The van der Waals surface area contributed by atoms with Crippen LogP contribution in [0.3, 0.4) is 0 Å². The lowest BCUT2D eigenvalue weighted by Crippen LogP contribution is -2.42. The van der Waals surface area contributed by atoms with Crippen LogP contribution in [-0.2, 0) is 0 Å². The van der Waals surface area contributed by atoms with E-state index in [-0.39, 0.29) is 23.4 Å². The molecule has 0 aliphatic carbocycles. The first-order chi connectivity index (χ1) is 13.2. The topological polar surface area (TPSA) is 55.3 Å². The highest BCUT2D eigenvalue weighted by atomic mass is 19.1. The van der Waals surface area contributed by atoms with E-state index >= 15 is 0 Å². The van der Waals surface area contributed by atoms with Crippen molar-refractivity contribution in [2.75, 3.05) is 19.7 Å². The van der Waals surface area contributed by atoms with Gasteiger partial charge in [-0.3, -0.25) is 9.78 Å². The number of piperidine rings is 1. The van der Waals surface area contributed by atoms with Gasteiger partial charge in [-0.05, 0) is 37.1 Å². The number of carbonyl (C=O) groups excluding carboxylic acids is 1. The number of hydrogen-bond acceptors (Lipinski definition) is 4. The molecule has 138 valence electrons. The van der Waals surface area contributed by atoms with Gasteiger partial charge in [-0.1, -0.05) is 24.3 Å². The third kappa shape index (κ3) is 3.89. The van der Waals surface area contributed by atoms with Crippen LogP contribution >= 0.6 is 0 Å². The molecule has 2 aromatic carbocycles. The van der Waals surface area contributed by atoms with Crippen LogP contribution in [0.25, 0.3) is 11.0 Å². The lowest BCUT2D eigenvalue weighted by Gasteiger charge is -2.32. The first-order valence-corrected chi connectivity index (χ1v) is 9.09. The van der Waals surface area contributed by atoms with E-state index < -0.39 is 0 Å². The highest BCUT2D eigenvalue weighted by molar-refractivity contribution is 5.93. The fraction of sp³-hybridized carbons (Fsp3) is 0.286. The Balaban J connectivity index is 1.42. The molecule has 0 radical (unpaired) electrons. The molecule has 1 amide bonds. The number of halogens is 1. The molecule has 0 N–H and O–H groups in total. The van der Waals surface area contributed by atoms with Crippen LogP contribution in [0.15, 0.2) is 54.7 Å². The number of benzene rings is 2. The van der Waals surface area contributed by atoms with Crippen molar-refractivity contribution >= 4 is 16.9 Å². The summed E-state index contributed by atoms with van der Waals surface area (Å²) < 4.78 is 19.3. The molecule has 1 fully saturated rings. The molecule has 6 heteroatoms. The zero-order chi connectivity index (χ0) is 18.6. The van der Waals surface area contributed by atoms with Gasteiger partial charge in [-0.2, -0.15) is 0 Å². The number of amides is 1. The molecule has 4 rings (SSSR count). The number of carbonyl (C=O) groups is 1. The van der Waals surface area contributed by atoms with Crippen molar-refractivity contribution in [2.45, 2.75) is 12.8 Å². The van der Waals surface area contributed by atoms with Gasteiger partial charge in [0.2, 0.25) is 0 Å². The van der Waals surface area contributed by atoms with Crippen LogP contribution in [0, 0.1) is 11.7 Å². The van der Waals surface area contributed by atoms with Crippen molar-refractivity contribution in [3.63, 3.8) is 0 Å². The van der Waals surface area contributed by atoms with Crippen LogP contribution in [0.2, 0.25) is 0 Å². The summed E-state index contributed by atoms with van der Waals surface area (Å²) >= 11 is 0. The lowest BCUT2D eigenvalue weighted by atomic mass is 9.98. The third-order valence-corrected chi connectivity index (χ3v) is 4.79. The van der Waals surface area contributed by atoms with Gasteiger partial charge in [0.05, 0.1) is 23.8 Å². The number of ether oxygens (including phenoxy) is 1. The Morgan fingerprint density at radius 2 is 1.93 bits per heavy atom. The molecule has 1 aliphatic heterocycles. The summed E-state index contributed by atoms with van der Waals surface area (Å²) in [6, 6.07) is 13.9. The molecule has 2 heterocycles. The standard InChI is InChI=1S/C21H20FN3O2/c22-16-7-1-4-10-20(16)27-14-15-6-5-11-25(13-15)21(26)19-12-23-17-8-2-3-9-18(17)24-19/h1-4,7-10,12,15H,5-6,11,13-14H2/t15-/m1/s1. The average molecular weight is 365 g/mol. The molecule has 5 nitrogen and oxygen atoms in total. The zero-order valence-electron chi connectivity index (χ0n) is 14.8. The number of fused-ring (bicyclic) bond motifs is 1. The van der Waals surface area contributed by atoms with Crippen molar-refractivity contribution in [1.82, 2.24) is 14.9 Å². The number of aromatic nitrogens is 2. The quantitative estimate of drug-likeness (QED) is 0.707. The van der Waals surface area contributed by atoms with Crippen LogP contribution in [-0.4, -0.2) is 40.5 Å². The van der Waals surface area contributed by atoms with E-state index in [1.807, 2.05) is 24.3 Å². The maximum atomic E-state index is 13.7. The minimum atomic E-state index is -0.368. The van der Waals surface area contributed by atoms with E-state index in [2.05, 4.69) is 9.97 Å². The first kappa shape index (κ1) is 17.4. The Kier molecular flexibility index (Phi) is 4.96. The van der Waals surface area contributed by atoms with Crippen molar-refractivity contribution < 1.29 is 13.9 Å². The third-order valence-electron chi connectivity index (χ3n) is 4.79. The second kappa shape index (κ2) is 7.70. The molecular formula is C21H20FN3O2. The summed E-state index contributed by atoms with van der Waals surface area (Å²) in [5, 5.41) is 0. The van der Waals surface area contributed by atoms with Crippen LogP contribution in [0.4, 0.5) is 4.39 Å². The van der Waals surface area contributed by atoms with Crippen LogP contribution < -0.4 is 4.74 Å². The predicted octanol–water partition coefficient (Wildman–Crippen LogP) is 3.70. The van der Waals surface area contributed by atoms with E-state index in [4.69, 9.17) is 4.74 Å². The van der Waals surface area contributed by atoms with E-state index in [1.54, 1.807) is 23.1 Å². The van der Waals surface area contributed by atoms with Gasteiger partial charge in [0, 0.05) is 19.0 Å². The molecule has 0 saturated carbocycles. The zero-order valence-corrected chi connectivity index (χ0v) is 14.8. The molecule has 1 aliphatic rings. The number of rotatable bonds is 4. The second-order valence-electron chi connectivity index (χ2n) is 6.74. The summed E-state index contributed by atoms with van der Waals surface area (Å²) in [4.78, 5) is 23.4. The summed E-state index contributed by atoms with van der Waals surface area (Å²) in [7, 11) is 0. The maximum absolute atomic E-state index is 13.7. The Bertz CT molecular complexity index is 963. The largest absolute Gasteiger partial charge is 0.490 e. The Labute approximate surface area is 156 Å². The second-order valence-corrected chi connectivity index (χ2v) is 6.74. The van der Waals surface area contributed by atoms with Crippen LogP contribution in [0.1, 0.15) is 23.3 Å². The number of hydrogen-bond donors (Lipinski definition) is 0. The van der Waals surface area contributed by atoms with Gasteiger partial charge in [-0.15, -0.1) is 0 Å². The van der Waals surface area contributed by atoms with Crippen LogP contribution in [0.5, 0.6) is 5.75 Å². The predicted molar refractivity (Wildman–Crippen MR) is 100 cm³/mol. The Morgan fingerprint density at radius 3 is 2.78 bits per heavy atom. The molecule has 3 aromatic rings. The summed E-state index contributed by atoms with van der Waals surface area (Å²) in [6.45, 7) is 1.64. The Morgan fingerprint density at radius 1 is 1.15 bits per heavy atom. The van der Waals surface area contributed by atoms with E-state index in [1.165, 1.54) is 12.3 Å². The monoisotopic (exact) mass is 365 g/mol. The molecule has 1 atom stereocenters. The van der Waals surface area contributed by atoms with Crippen molar-refractivity contribution in [2.24, 2.45) is 5.92 Å². The molecule has 0 unspecified atom stereocenters. The van der Waals surface area contributed by atoms with E-state index in [0.29, 0.717) is 30.9 Å². The van der Waals surface area contributed by atoms with E-state index in [0.717, 1.165) is 18.4 Å². The Hall–Kier alpha value is -3.02. The summed E-state index contributed by atoms with van der Waals surface area (Å²) in [5.74, 6) is -0.0754. The minimum absolute atomic E-state index is 0.121. The van der Waals surface area contributed by atoms with Crippen molar-refractivity contribution in [1.29, 1.82) is 0 Å². The molecule has 27 heavy (non-hydrogen) atoms. The van der Waals surface area contributed by atoms with Gasteiger partial charge in [0.25, 0.3) is 5.91 Å². The smallest absolute Gasteiger partial charge is 0.274 e. The number of para-hydroxylation sites is 3. The molecule has 0 bridgehead atoms. The SMILES string of the molecule is O=C(c1cnc2ccccc2n1)N1CCC[C@@H](COc2ccccc2F)C1. The van der Waals surface area contributed by atoms with Crippen molar-refractivity contribution in [3.05, 3.63) is 66.2 Å². The number of nitrogens with zero attached hydrogens (tertiary/aromatic N) is 3. The van der Waals surface area contributed by atoms with Gasteiger partial charge in [-0.25, -0.2) is 9.37 Å². The maximum Gasteiger partial charge on any atom is 0.274 e. The lowest BCUT2D eigenvalue weighted by molar-refractivity contribution is 0.0625. The average Bonchev–Trinajstić information content (AvgIpc) is 2.72. The van der Waals surface area contributed by atoms with Crippen molar-refractivity contribution in [3.8, 4) is 5.75 Å². The molecular weight excluding hydrogens is 345 g/mol. The van der Waals surface area contributed by atoms with Gasteiger partial charge < -0.3 is 9.64 Å². The molecule has 1 saturated heterocycles. The highest BCUT2D eigenvalue weighted by Gasteiger charge is 2.26. The van der Waals surface area contributed by atoms with Gasteiger partial charge in [0.15, 0.2) is 11.6 Å². The molecule has 0 spiro atoms. The first-order valence-electron chi connectivity index (χ1n) is 9.09. The van der Waals surface area contributed by atoms with Gasteiger partial charge >= 0.3 is 0 Å². The fourth-order valence-corrected chi connectivity index (χ4v) is 3.38. The van der Waals surface area contributed by atoms with Gasteiger partial charge in [0.1, 0.15) is 5.69 Å². The summed E-state index contributed by atoms with van der Waals surface area (Å²) in [6.07, 6.45) is 3.36. The normalized spacial score (nSPS) is 17.1. The molecule has 1 aromatic heterocycles.